The maximum Gasteiger partial charge on any atom is 0.329 e. The molecule has 0 aliphatic rings. The smallest absolute Gasteiger partial charge is 0.329 e. The normalized spacial score (nSPS) is 11.7. The summed E-state index contributed by atoms with van der Waals surface area (Å²) in [5.41, 5.74) is 2.18. The van der Waals surface area contributed by atoms with E-state index in [0.29, 0.717) is 21.7 Å². The predicted octanol–water partition coefficient (Wildman–Crippen LogP) is 4.27. The molecule has 0 saturated heterocycles. The number of aromatic nitrogens is 1. The minimum absolute atomic E-state index is 0.0725. The van der Waals surface area contributed by atoms with Gasteiger partial charge < -0.3 is 15.0 Å². The Morgan fingerprint density at radius 1 is 0.939 bits per heavy atom. The molecule has 2 N–H and O–H groups in total. The molecule has 166 valence electrons. The van der Waals surface area contributed by atoms with Crippen molar-refractivity contribution in [2.75, 3.05) is 0 Å². The summed E-state index contributed by atoms with van der Waals surface area (Å²) in [7, 11) is 0. The van der Waals surface area contributed by atoms with Crippen LogP contribution in [0, 0.1) is 0 Å². The standard InChI is InChI=1S/C26H21ClN2O4/c27-20-12-10-18(11-13-20)25(31)29-23(26(32)33-16-17-6-2-1-3-7-17)14-19-15-24(30)28-22-9-5-4-8-21(19)22/h1-13,15,23H,14,16H2,(H,28,30)(H,29,31). The first-order valence-corrected chi connectivity index (χ1v) is 10.8. The van der Waals surface area contributed by atoms with Crippen molar-refractivity contribution in [3.8, 4) is 0 Å². The number of fused-ring (bicyclic) bond motifs is 1. The van der Waals surface area contributed by atoms with Gasteiger partial charge in [-0.2, -0.15) is 0 Å². The largest absolute Gasteiger partial charge is 0.459 e. The van der Waals surface area contributed by atoms with Gasteiger partial charge in [0.2, 0.25) is 5.56 Å². The molecule has 6 nitrogen and oxygen atoms in total. The summed E-state index contributed by atoms with van der Waals surface area (Å²) in [5, 5.41) is 4.04. The third-order valence-corrected chi connectivity index (χ3v) is 5.43. The minimum atomic E-state index is -0.998. The third-order valence-electron chi connectivity index (χ3n) is 5.18. The van der Waals surface area contributed by atoms with Crippen LogP contribution in [0.5, 0.6) is 0 Å². The maximum atomic E-state index is 13.0. The SMILES string of the molecule is O=C(NC(Cc1cc(=O)[nH]c2ccccc12)C(=O)OCc1ccccc1)c1ccc(Cl)cc1. The fourth-order valence-corrected chi connectivity index (χ4v) is 3.66. The molecule has 0 spiro atoms. The summed E-state index contributed by atoms with van der Waals surface area (Å²) in [5.74, 6) is -1.03. The van der Waals surface area contributed by atoms with Gasteiger partial charge in [0.1, 0.15) is 12.6 Å². The Morgan fingerprint density at radius 3 is 2.39 bits per heavy atom. The molecule has 33 heavy (non-hydrogen) atoms. The van der Waals surface area contributed by atoms with E-state index in [1.165, 1.54) is 6.07 Å². The van der Waals surface area contributed by atoms with Crippen LogP contribution in [0.4, 0.5) is 0 Å². The van der Waals surface area contributed by atoms with Crippen molar-refractivity contribution in [3.05, 3.63) is 117 Å². The Morgan fingerprint density at radius 2 is 1.64 bits per heavy atom. The van der Waals surface area contributed by atoms with Crippen LogP contribution in [-0.4, -0.2) is 22.9 Å². The number of carbonyl (C=O) groups excluding carboxylic acids is 2. The number of nitrogens with one attached hydrogen (secondary N) is 2. The van der Waals surface area contributed by atoms with Crippen molar-refractivity contribution in [2.45, 2.75) is 19.1 Å². The highest BCUT2D eigenvalue weighted by molar-refractivity contribution is 6.30. The number of H-pyrrole nitrogens is 1. The highest BCUT2D eigenvalue weighted by Gasteiger charge is 2.25. The first-order chi connectivity index (χ1) is 16.0. The Hall–Kier alpha value is -3.90. The second-order valence-corrected chi connectivity index (χ2v) is 7.97. The summed E-state index contributed by atoms with van der Waals surface area (Å²) in [6, 6.07) is 23.4. The number of para-hydroxylation sites is 1. The lowest BCUT2D eigenvalue weighted by atomic mass is 10.0. The molecule has 1 amide bonds. The number of hydrogen-bond acceptors (Lipinski definition) is 4. The van der Waals surface area contributed by atoms with Gasteiger partial charge in [-0.05, 0) is 41.5 Å². The quantitative estimate of drug-likeness (QED) is 0.403. The molecule has 1 unspecified atom stereocenters. The van der Waals surface area contributed by atoms with Gasteiger partial charge in [-0.25, -0.2) is 4.79 Å². The molecule has 1 atom stereocenters. The van der Waals surface area contributed by atoms with Crippen molar-refractivity contribution in [1.82, 2.24) is 10.3 Å². The number of ether oxygens (including phenoxy) is 1. The lowest BCUT2D eigenvalue weighted by Gasteiger charge is -2.19. The first kappa shape index (κ1) is 22.3. The van der Waals surface area contributed by atoms with E-state index < -0.39 is 17.9 Å². The molecule has 1 heterocycles. The second kappa shape index (κ2) is 10.1. The molecule has 3 aromatic carbocycles. The molecule has 0 aliphatic carbocycles. The lowest BCUT2D eigenvalue weighted by molar-refractivity contribution is -0.147. The van der Waals surface area contributed by atoms with Gasteiger partial charge in [0, 0.05) is 34.0 Å². The topological polar surface area (TPSA) is 88.3 Å². The molecule has 0 fully saturated rings. The summed E-state index contributed by atoms with van der Waals surface area (Å²) in [6.07, 6.45) is 0.0946. The predicted molar refractivity (Wildman–Crippen MR) is 127 cm³/mol. The van der Waals surface area contributed by atoms with Crippen LogP contribution < -0.4 is 10.9 Å². The highest BCUT2D eigenvalue weighted by atomic mass is 35.5. The summed E-state index contributed by atoms with van der Waals surface area (Å²) < 4.78 is 5.50. The maximum absolute atomic E-state index is 13.0. The average molecular weight is 461 g/mol. The summed E-state index contributed by atoms with van der Waals surface area (Å²) in [6.45, 7) is 0.0725. The van der Waals surface area contributed by atoms with E-state index >= 15 is 0 Å². The molecule has 4 aromatic rings. The van der Waals surface area contributed by atoms with Crippen LogP contribution in [0.1, 0.15) is 21.5 Å². The molecule has 7 heteroatoms. The molecule has 4 rings (SSSR count). The molecule has 0 aliphatic heterocycles. The van der Waals surface area contributed by atoms with Crippen molar-refractivity contribution < 1.29 is 14.3 Å². The number of benzene rings is 3. The fraction of sp³-hybridized carbons (Fsp3) is 0.115. The summed E-state index contributed by atoms with van der Waals surface area (Å²) in [4.78, 5) is 40.8. The van der Waals surface area contributed by atoms with Gasteiger partial charge in [0.15, 0.2) is 0 Å². The van der Waals surface area contributed by atoms with Crippen LogP contribution in [-0.2, 0) is 22.6 Å². The van der Waals surface area contributed by atoms with E-state index in [1.807, 2.05) is 48.5 Å². The van der Waals surface area contributed by atoms with E-state index in [0.717, 1.165) is 10.9 Å². The van der Waals surface area contributed by atoms with Gasteiger partial charge in [0.25, 0.3) is 5.91 Å². The molecule has 0 saturated carbocycles. The average Bonchev–Trinajstić information content (AvgIpc) is 2.83. The Bertz CT molecular complexity index is 1330. The van der Waals surface area contributed by atoms with Gasteiger partial charge >= 0.3 is 5.97 Å². The van der Waals surface area contributed by atoms with Crippen LogP contribution in [0.25, 0.3) is 10.9 Å². The fourth-order valence-electron chi connectivity index (χ4n) is 3.53. The van der Waals surface area contributed by atoms with Crippen molar-refractivity contribution in [1.29, 1.82) is 0 Å². The number of aromatic amines is 1. The zero-order valence-electron chi connectivity index (χ0n) is 17.6. The van der Waals surface area contributed by atoms with E-state index in [1.54, 1.807) is 30.3 Å². The van der Waals surface area contributed by atoms with E-state index in [4.69, 9.17) is 16.3 Å². The number of rotatable bonds is 7. The highest BCUT2D eigenvalue weighted by Crippen LogP contribution is 2.17. The molecule has 1 aromatic heterocycles. The number of amides is 1. The van der Waals surface area contributed by atoms with Crippen molar-refractivity contribution >= 4 is 34.4 Å². The van der Waals surface area contributed by atoms with Crippen molar-refractivity contribution in [3.63, 3.8) is 0 Å². The minimum Gasteiger partial charge on any atom is -0.459 e. The van der Waals surface area contributed by atoms with Gasteiger partial charge in [-0.15, -0.1) is 0 Å². The second-order valence-electron chi connectivity index (χ2n) is 7.53. The van der Waals surface area contributed by atoms with Crippen LogP contribution in [0.2, 0.25) is 5.02 Å². The van der Waals surface area contributed by atoms with Crippen LogP contribution in [0.15, 0.2) is 89.7 Å². The van der Waals surface area contributed by atoms with E-state index in [-0.39, 0.29) is 18.6 Å². The molecular formula is C26H21ClN2O4. The number of esters is 1. The zero-order chi connectivity index (χ0) is 23.2. The number of hydrogen-bond donors (Lipinski definition) is 2. The number of halogens is 1. The van der Waals surface area contributed by atoms with Crippen LogP contribution in [0.3, 0.4) is 0 Å². The monoisotopic (exact) mass is 460 g/mol. The van der Waals surface area contributed by atoms with Gasteiger partial charge in [-0.3, -0.25) is 9.59 Å². The molecule has 0 bridgehead atoms. The Labute approximate surface area is 195 Å². The van der Waals surface area contributed by atoms with Crippen molar-refractivity contribution in [2.24, 2.45) is 0 Å². The number of carbonyl (C=O) groups is 2. The number of pyridine rings is 1. The molecular weight excluding hydrogens is 440 g/mol. The van der Waals surface area contributed by atoms with Crippen LogP contribution >= 0.6 is 11.6 Å². The summed E-state index contributed by atoms with van der Waals surface area (Å²) >= 11 is 5.91. The zero-order valence-corrected chi connectivity index (χ0v) is 18.3. The van der Waals surface area contributed by atoms with E-state index in [9.17, 15) is 14.4 Å². The lowest BCUT2D eigenvalue weighted by Crippen LogP contribution is -2.43. The Balaban J connectivity index is 1.60. The van der Waals surface area contributed by atoms with E-state index in [2.05, 4.69) is 10.3 Å². The Kier molecular flexibility index (Phi) is 6.86. The van der Waals surface area contributed by atoms with Gasteiger partial charge in [-0.1, -0.05) is 60.1 Å². The molecule has 0 radical (unpaired) electrons. The third kappa shape index (κ3) is 5.67. The first-order valence-electron chi connectivity index (χ1n) is 10.4. The van der Waals surface area contributed by atoms with Gasteiger partial charge in [0.05, 0.1) is 0 Å².